The Balaban J connectivity index is 1.90. The summed E-state index contributed by atoms with van der Waals surface area (Å²) in [5.41, 5.74) is 1.49. The van der Waals surface area contributed by atoms with Crippen LogP contribution in [0, 0.1) is 0 Å². The molecule has 0 saturated heterocycles. The standard InChI is InChI=1S/C19H19ClO4/c1-13(2)24-19(22)12-23-17-9-5-15(6-10-17)18(21)11-14-3-7-16(20)8-4-14/h3-10,13H,11-12H2,1-2H3. The van der Waals surface area contributed by atoms with Crippen LogP contribution in [0.3, 0.4) is 0 Å². The molecule has 0 amide bonds. The van der Waals surface area contributed by atoms with Crippen molar-refractivity contribution in [1.82, 2.24) is 0 Å². The molecule has 2 aromatic rings. The van der Waals surface area contributed by atoms with Gasteiger partial charge in [0, 0.05) is 17.0 Å². The van der Waals surface area contributed by atoms with Crippen LogP contribution in [0.1, 0.15) is 29.8 Å². The van der Waals surface area contributed by atoms with Gasteiger partial charge in [0.05, 0.1) is 6.10 Å². The molecule has 0 spiro atoms. The van der Waals surface area contributed by atoms with Gasteiger partial charge in [-0.2, -0.15) is 0 Å². The lowest BCUT2D eigenvalue weighted by atomic mass is 10.0. The van der Waals surface area contributed by atoms with Gasteiger partial charge < -0.3 is 9.47 Å². The van der Waals surface area contributed by atoms with Crippen LogP contribution >= 0.6 is 11.6 Å². The lowest BCUT2D eigenvalue weighted by Crippen LogP contribution is -2.18. The summed E-state index contributed by atoms with van der Waals surface area (Å²) in [6.45, 7) is 3.40. The third kappa shape index (κ3) is 5.70. The van der Waals surface area contributed by atoms with Crippen molar-refractivity contribution in [2.45, 2.75) is 26.4 Å². The van der Waals surface area contributed by atoms with Gasteiger partial charge >= 0.3 is 5.97 Å². The van der Waals surface area contributed by atoms with Gasteiger partial charge in [0.1, 0.15) is 5.75 Å². The van der Waals surface area contributed by atoms with Gasteiger partial charge in [-0.15, -0.1) is 0 Å². The maximum Gasteiger partial charge on any atom is 0.344 e. The van der Waals surface area contributed by atoms with E-state index in [0.29, 0.717) is 22.8 Å². The summed E-state index contributed by atoms with van der Waals surface area (Å²) in [6, 6.07) is 13.9. The average molecular weight is 347 g/mol. The smallest absolute Gasteiger partial charge is 0.344 e. The van der Waals surface area contributed by atoms with Crippen LogP contribution in [0.15, 0.2) is 48.5 Å². The number of Topliss-reactive ketones (excluding diaryl/α,β-unsaturated/α-hetero) is 1. The average Bonchev–Trinajstić information content (AvgIpc) is 2.55. The summed E-state index contributed by atoms with van der Waals surface area (Å²) in [4.78, 5) is 23.7. The zero-order valence-electron chi connectivity index (χ0n) is 13.6. The van der Waals surface area contributed by atoms with Crippen LogP contribution in [-0.2, 0) is 16.0 Å². The monoisotopic (exact) mass is 346 g/mol. The Morgan fingerprint density at radius 3 is 2.21 bits per heavy atom. The molecule has 0 bridgehead atoms. The summed E-state index contributed by atoms with van der Waals surface area (Å²) in [5, 5.41) is 0.642. The van der Waals surface area contributed by atoms with Gasteiger partial charge in [-0.25, -0.2) is 4.79 Å². The molecule has 2 rings (SSSR count). The summed E-state index contributed by atoms with van der Waals surface area (Å²) in [7, 11) is 0. The van der Waals surface area contributed by atoms with Crippen LogP contribution in [-0.4, -0.2) is 24.5 Å². The highest BCUT2D eigenvalue weighted by atomic mass is 35.5. The second-order valence-corrected chi connectivity index (χ2v) is 6.01. The van der Waals surface area contributed by atoms with Crippen LogP contribution in [0.2, 0.25) is 5.02 Å². The van der Waals surface area contributed by atoms with Gasteiger partial charge in [0.2, 0.25) is 0 Å². The second-order valence-electron chi connectivity index (χ2n) is 5.58. The summed E-state index contributed by atoms with van der Waals surface area (Å²) < 4.78 is 10.3. The van der Waals surface area contributed by atoms with Crippen molar-refractivity contribution in [1.29, 1.82) is 0 Å². The van der Waals surface area contributed by atoms with Gasteiger partial charge in [0.15, 0.2) is 12.4 Å². The molecule has 0 fully saturated rings. The molecule has 5 heteroatoms. The maximum atomic E-state index is 12.2. The van der Waals surface area contributed by atoms with Crippen LogP contribution < -0.4 is 4.74 Å². The Hall–Kier alpha value is -2.33. The van der Waals surface area contributed by atoms with E-state index in [0.717, 1.165) is 5.56 Å². The molecule has 0 heterocycles. The van der Waals surface area contributed by atoms with E-state index in [9.17, 15) is 9.59 Å². The van der Waals surface area contributed by atoms with E-state index < -0.39 is 5.97 Å². The molecular formula is C19H19ClO4. The second kappa shape index (κ2) is 8.50. The van der Waals surface area contributed by atoms with E-state index in [2.05, 4.69) is 0 Å². The molecule has 0 aliphatic rings. The Morgan fingerprint density at radius 2 is 1.62 bits per heavy atom. The fraction of sp³-hybridized carbons (Fsp3) is 0.263. The summed E-state index contributed by atoms with van der Waals surface area (Å²) in [6.07, 6.45) is 0.131. The number of hydrogen-bond acceptors (Lipinski definition) is 4. The first-order valence-electron chi connectivity index (χ1n) is 7.64. The van der Waals surface area contributed by atoms with Crippen molar-refractivity contribution in [2.24, 2.45) is 0 Å². The predicted octanol–water partition coefficient (Wildman–Crippen LogP) is 4.10. The van der Waals surface area contributed by atoms with Crippen molar-refractivity contribution < 1.29 is 19.1 Å². The quantitative estimate of drug-likeness (QED) is 0.559. The molecule has 0 aliphatic heterocycles. The van der Waals surface area contributed by atoms with Crippen molar-refractivity contribution in [3.63, 3.8) is 0 Å². The van der Waals surface area contributed by atoms with Crippen molar-refractivity contribution in [2.75, 3.05) is 6.61 Å². The topological polar surface area (TPSA) is 52.6 Å². The minimum Gasteiger partial charge on any atom is -0.482 e. The Labute approximate surface area is 146 Å². The van der Waals surface area contributed by atoms with Crippen molar-refractivity contribution in [3.05, 3.63) is 64.7 Å². The molecule has 0 unspecified atom stereocenters. The minimum atomic E-state index is -0.423. The molecule has 0 atom stereocenters. The highest BCUT2D eigenvalue weighted by Gasteiger charge is 2.09. The fourth-order valence-electron chi connectivity index (χ4n) is 2.07. The lowest BCUT2D eigenvalue weighted by molar-refractivity contribution is -0.149. The Kier molecular flexibility index (Phi) is 6.38. The minimum absolute atomic E-state index is 0.00286. The maximum absolute atomic E-state index is 12.2. The van der Waals surface area contributed by atoms with E-state index in [4.69, 9.17) is 21.1 Å². The summed E-state index contributed by atoms with van der Waals surface area (Å²) >= 11 is 5.83. The number of halogens is 1. The van der Waals surface area contributed by atoms with Gasteiger partial charge in [0.25, 0.3) is 0 Å². The SMILES string of the molecule is CC(C)OC(=O)COc1ccc(C(=O)Cc2ccc(Cl)cc2)cc1. The Morgan fingerprint density at radius 1 is 1.00 bits per heavy atom. The molecule has 24 heavy (non-hydrogen) atoms. The zero-order valence-corrected chi connectivity index (χ0v) is 14.4. The number of carbonyl (C=O) groups excluding carboxylic acids is 2. The zero-order chi connectivity index (χ0) is 17.5. The first kappa shape index (κ1) is 18.0. The molecule has 0 N–H and O–H groups in total. The largest absolute Gasteiger partial charge is 0.482 e. The molecule has 4 nitrogen and oxygen atoms in total. The molecule has 0 radical (unpaired) electrons. The van der Waals surface area contributed by atoms with Crippen LogP contribution in [0.25, 0.3) is 0 Å². The number of carbonyl (C=O) groups is 2. The number of ether oxygens (including phenoxy) is 2. The molecule has 0 aromatic heterocycles. The van der Waals surface area contributed by atoms with Crippen molar-refractivity contribution in [3.8, 4) is 5.75 Å². The third-order valence-electron chi connectivity index (χ3n) is 3.18. The van der Waals surface area contributed by atoms with E-state index in [1.54, 1.807) is 50.2 Å². The highest BCUT2D eigenvalue weighted by molar-refractivity contribution is 6.30. The van der Waals surface area contributed by atoms with E-state index in [1.807, 2.05) is 12.1 Å². The number of esters is 1. The molecular weight excluding hydrogens is 328 g/mol. The fourth-order valence-corrected chi connectivity index (χ4v) is 2.19. The number of hydrogen-bond donors (Lipinski definition) is 0. The Bertz CT molecular complexity index is 690. The van der Waals surface area contributed by atoms with Gasteiger partial charge in [-0.05, 0) is 55.8 Å². The van der Waals surface area contributed by atoms with E-state index in [1.165, 1.54) is 0 Å². The predicted molar refractivity (Wildman–Crippen MR) is 92.7 cm³/mol. The summed E-state index contributed by atoms with van der Waals surface area (Å²) in [5.74, 6) is 0.0923. The molecule has 2 aromatic carbocycles. The number of ketones is 1. The lowest BCUT2D eigenvalue weighted by Gasteiger charge is -2.09. The van der Waals surface area contributed by atoms with Gasteiger partial charge in [-0.1, -0.05) is 23.7 Å². The van der Waals surface area contributed by atoms with E-state index >= 15 is 0 Å². The highest BCUT2D eigenvalue weighted by Crippen LogP contribution is 2.16. The van der Waals surface area contributed by atoms with Crippen LogP contribution in [0.5, 0.6) is 5.75 Å². The third-order valence-corrected chi connectivity index (χ3v) is 3.43. The number of rotatable bonds is 7. The normalized spacial score (nSPS) is 10.5. The van der Waals surface area contributed by atoms with E-state index in [-0.39, 0.29) is 18.5 Å². The molecule has 0 aliphatic carbocycles. The molecule has 0 saturated carbocycles. The first-order valence-corrected chi connectivity index (χ1v) is 8.02. The molecule has 126 valence electrons. The number of benzene rings is 2. The first-order chi connectivity index (χ1) is 11.4. The van der Waals surface area contributed by atoms with Gasteiger partial charge in [-0.3, -0.25) is 4.79 Å². The van der Waals surface area contributed by atoms with Crippen LogP contribution in [0.4, 0.5) is 0 Å². The van der Waals surface area contributed by atoms with Crippen molar-refractivity contribution >= 4 is 23.4 Å².